The van der Waals surface area contributed by atoms with E-state index in [1.165, 1.54) is 6.33 Å². The fraction of sp³-hybridized carbons (Fsp3) is 0.265. The highest BCUT2D eigenvalue weighted by Crippen LogP contribution is 2.39. The lowest BCUT2D eigenvalue weighted by molar-refractivity contribution is 0.227. The van der Waals surface area contributed by atoms with Crippen LogP contribution in [0.3, 0.4) is 0 Å². The van der Waals surface area contributed by atoms with E-state index in [0.717, 1.165) is 70.5 Å². The van der Waals surface area contributed by atoms with E-state index >= 15 is 0 Å². The van der Waals surface area contributed by atoms with Crippen molar-refractivity contribution < 1.29 is 14.3 Å². The second kappa shape index (κ2) is 12.9. The number of urea groups is 1. The predicted octanol–water partition coefficient (Wildman–Crippen LogP) is 6.25. The van der Waals surface area contributed by atoms with Gasteiger partial charge in [-0.2, -0.15) is 0 Å². The molecule has 43 heavy (non-hydrogen) atoms. The second-order valence-corrected chi connectivity index (χ2v) is 10.9. The number of carbonyl (C=O) groups excluding carboxylic acids is 1. The quantitative estimate of drug-likeness (QED) is 0.191. The van der Waals surface area contributed by atoms with Crippen LogP contribution in [-0.2, 0) is 13.2 Å². The summed E-state index contributed by atoms with van der Waals surface area (Å²) in [5.74, 6) is 2.04. The number of methoxy groups -OCH3 is 1. The summed E-state index contributed by atoms with van der Waals surface area (Å²) in [5, 5.41) is 6.96. The number of carbonyl (C=O) groups is 1. The molecule has 2 heterocycles. The molecule has 1 aliphatic rings. The van der Waals surface area contributed by atoms with Gasteiger partial charge in [-0.3, -0.25) is 0 Å². The number of nitrogens with zero attached hydrogens (tertiary/aromatic N) is 3. The zero-order valence-electron chi connectivity index (χ0n) is 24.2. The number of anilines is 1. The number of rotatable bonds is 9. The lowest BCUT2D eigenvalue weighted by atomic mass is 9.91. The summed E-state index contributed by atoms with van der Waals surface area (Å²) in [6.45, 7) is 0.955. The third-order valence-electron chi connectivity index (χ3n) is 8.07. The molecule has 1 aliphatic carbocycles. The Morgan fingerprint density at radius 3 is 2.49 bits per heavy atom. The van der Waals surface area contributed by atoms with E-state index in [-0.39, 0.29) is 18.1 Å². The van der Waals surface area contributed by atoms with Crippen molar-refractivity contribution in [2.45, 2.75) is 50.9 Å². The Morgan fingerprint density at radius 2 is 1.72 bits per heavy atom. The second-order valence-electron chi connectivity index (χ2n) is 10.9. The molecule has 9 nitrogen and oxygen atoms in total. The number of nitrogens with two attached hydrogens (primary N) is 1. The van der Waals surface area contributed by atoms with Gasteiger partial charge >= 0.3 is 6.03 Å². The molecule has 220 valence electrons. The maximum Gasteiger partial charge on any atom is 0.315 e. The van der Waals surface area contributed by atoms with E-state index in [2.05, 4.69) is 49.6 Å². The molecule has 0 atom stereocenters. The summed E-state index contributed by atoms with van der Waals surface area (Å²) >= 11 is 0. The number of ether oxygens (including phenoxy) is 2. The van der Waals surface area contributed by atoms with Crippen LogP contribution in [0.15, 0.2) is 91.4 Å². The highest BCUT2D eigenvalue weighted by Gasteiger charge is 2.26. The lowest BCUT2D eigenvalue weighted by Gasteiger charge is -2.30. The van der Waals surface area contributed by atoms with Crippen LogP contribution in [0.4, 0.5) is 10.6 Å². The fourth-order valence-corrected chi connectivity index (χ4v) is 5.76. The summed E-state index contributed by atoms with van der Waals surface area (Å²) in [4.78, 5) is 21.5. The molecule has 1 fully saturated rings. The molecule has 2 aromatic heterocycles. The van der Waals surface area contributed by atoms with Gasteiger partial charge in [0.05, 0.1) is 12.5 Å². The Morgan fingerprint density at radius 1 is 0.930 bits per heavy atom. The first-order chi connectivity index (χ1) is 21.1. The molecule has 0 saturated heterocycles. The van der Waals surface area contributed by atoms with Crippen LogP contribution in [0.25, 0.3) is 22.2 Å². The molecule has 0 spiro atoms. The van der Waals surface area contributed by atoms with Gasteiger partial charge in [0.15, 0.2) is 0 Å². The summed E-state index contributed by atoms with van der Waals surface area (Å²) in [7, 11) is 1.64. The number of fused-ring (bicyclic) bond motifs is 1. The van der Waals surface area contributed by atoms with Gasteiger partial charge in [-0.05, 0) is 66.6 Å². The van der Waals surface area contributed by atoms with Crippen LogP contribution in [0.2, 0.25) is 0 Å². The number of hydrogen-bond donors (Lipinski definition) is 3. The molecule has 3 aromatic carbocycles. The van der Waals surface area contributed by atoms with Crippen molar-refractivity contribution in [3.63, 3.8) is 0 Å². The topological polar surface area (TPSA) is 116 Å². The first kappa shape index (κ1) is 28.1. The fourth-order valence-electron chi connectivity index (χ4n) is 5.76. The summed E-state index contributed by atoms with van der Waals surface area (Å²) in [6.07, 6.45) is 7.25. The Bertz CT molecular complexity index is 1680. The molecule has 0 radical (unpaired) electrons. The third-order valence-corrected chi connectivity index (χ3v) is 8.07. The average molecular weight is 577 g/mol. The standard InChI is InChI=1S/C34H36N6O3/c1-42-28-16-10-23(11-17-28)19-36-34(41)39-26-12-14-27(15-13-26)40-20-30(31-32(35)37-22-38-33(31)40)25-8-5-9-29(18-25)43-21-24-6-3-2-4-7-24/h2-11,16-18,20,22,26-27H,12-15,19,21H2,1H3,(H2,35,37,38)(H2,36,39,41)/t26-,27+. The molecule has 0 aliphatic heterocycles. The van der Waals surface area contributed by atoms with Crippen molar-refractivity contribution in [1.29, 1.82) is 0 Å². The van der Waals surface area contributed by atoms with E-state index in [9.17, 15) is 4.79 Å². The lowest BCUT2D eigenvalue weighted by Crippen LogP contribution is -2.43. The molecule has 2 amide bonds. The van der Waals surface area contributed by atoms with Crippen LogP contribution >= 0.6 is 0 Å². The highest BCUT2D eigenvalue weighted by atomic mass is 16.5. The van der Waals surface area contributed by atoms with Gasteiger partial charge in [0, 0.05) is 30.4 Å². The maximum absolute atomic E-state index is 12.6. The first-order valence-corrected chi connectivity index (χ1v) is 14.6. The molecule has 0 bridgehead atoms. The number of benzene rings is 3. The normalized spacial score (nSPS) is 16.5. The van der Waals surface area contributed by atoms with Crippen LogP contribution in [-0.4, -0.2) is 33.7 Å². The van der Waals surface area contributed by atoms with Crippen molar-refractivity contribution in [1.82, 2.24) is 25.2 Å². The highest BCUT2D eigenvalue weighted by molar-refractivity contribution is 6.00. The monoisotopic (exact) mass is 576 g/mol. The third kappa shape index (κ3) is 6.56. The van der Waals surface area contributed by atoms with E-state index in [0.29, 0.717) is 19.0 Å². The molecule has 4 N–H and O–H groups in total. The van der Waals surface area contributed by atoms with Gasteiger partial charge in [0.2, 0.25) is 0 Å². The van der Waals surface area contributed by atoms with Crippen molar-refractivity contribution in [2.75, 3.05) is 12.8 Å². The van der Waals surface area contributed by atoms with Crippen LogP contribution in [0.1, 0.15) is 42.9 Å². The molecule has 6 rings (SSSR count). The zero-order chi connectivity index (χ0) is 29.6. The molecule has 9 heteroatoms. The first-order valence-electron chi connectivity index (χ1n) is 14.6. The minimum absolute atomic E-state index is 0.117. The predicted molar refractivity (Wildman–Crippen MR) is 168 cm³/mol. The molecule has 0 unspecified atom stereocenters. The summed E-state index contributed by atoms with van der Waals surface area (Å²) < 4.78 is 13.5. The van der Waals surface area contributed by atoms with Gasteiger partial charge < -0.3 is 30.4 Å². The van der Waals surface area contributed by atoms with Gasteiger partial charge in [0.25, 0.3) is 0 Å². The van der Waals surface area contributed by atoms with Gasteiger partial charge in [0.1, 0.15) is 35.9 Å². The zero-order valence-corrected chi connectivity index (χ0v) is 24.2. The van der Waals surface area contributed by atoms with Gasteiger partial charge in [-0.15, -0.1) is 0 Å². The number of amides is 2. The van der Waals surface area contributed by atoms with E-state index in [4.69, 9.17) is 15.2 Å². The summed E-state index contributed by atoms with van der Waals surface area (Å²) in [5.41, 5.74) is 11.4. The SMILES string of the molecule is COc1ccc(CNC(=O)N[C@H]2CC[C@@H](n3cc(-c4cccc(OCc5ccccc5)c4)c4c(N)ncnc43)CC2)cc1. The number of nitrogens with one attached hydrogen (secondary N) is 2. The van der Waals surface area contributed by atoms with E-state index in [1.54, 1.807) is 7.11 Å². The van der Waals surface area contributed by atoms with Crippen molar-refractivity contribution in [2.24, 2.45) is 0 Å². The van der Waals surface area contributed by atoms with E-state index < -0.39 is 0 Å². The Kier molecular flexibility index (Phi) is 8.40. The molecular weight excluding hydrogens is 540 g/mol. The minimum Gasteiger partial charge on any atom is -0.497 e. The molecule has 1 saturated carbocycles. The van der Waals surface area contributed by atoms with Crippen LogP contribution in [0.5, 0.6) is 11.5 Å². The van der Waals surface area contributed by atoms with Crippen molar-refractivity contribution in [3.05, 3.63) is 103 Å². The van der Waals surface area contributed by atoms with Gasteiger partial charge in [-0.1, -0.05) is 54.6 Å². The smallest absolute Gasteiger partial charge is 0.315 e. The Labute approximate surface area is 251 Å². The number of nitrogen functional groups attached to an aromatic ring is 1. The average Bonchev–Trinajstić information content (AvgIpc) is 3.45. The van der Waals surface area contributed by atoms with Crippen LogP contribution < -0.4 is 25.8 Å². The Balaban J connectivity index is 1.12. The van der Waals surface area contributed by atoms with Crippen LogP contribution in [0, 0.1) is 0 Å². The minimum atomic E-state index is -0.150. The maximum atomic E-state index is 12.6. The number of aromatic nitrogens is 3. The molecule has 5 aromatic rings. The van der Waals surface area contributed by atoms with E-state index in [1.807, 2.05) is 60.7 Å². The van der Waals surface area contributed by atoms with Gasteiger partial charge in [-0.25, -0.2) is 14.8 Å². The largest absolute Gasteiger partial charge is 0.497 e. The Hall–Kier alpha value is -5.05. The summed E-state index contributed by atoms with van der Waals surface area (Å²) in [6, 6.07) is 26.1. The van der Waals surface area contributed by atoms with Crippen molar-refractivity contribution >= 4 is 22.9 Å². The number of hydrogen-bond acceptors (Lipinski definition) is 6. The van der Waals surface area contributed by atoms with Crippen molar-refractivity contribution in [3.8, 4) is 22.6 Å². The molecular formula is C34H36N6O3.